The minimum Gasteiger partial charge on any atom is -0.436 e. The van der Waals surface area contributed by atoms with Crippen molar-refractivity contribution in [2.75, 3.05) is 4.90 Å². The number of carbonyl (C=O) groups excluding carboxylic acids is 2. The second-order valence-corrected chi connectivity index (χ2v) is 8.25. The van der Waals surface area contributed by atoms with Crippen molar-refractivity contribution in [3.8, 4) is 0 Å². The molecule has 6 nitrogen and oxygen atoms in total. The zero-order chi connectivity index (χ0) is 19.6. The highest BCUT2D eigenvalue weighted by Gasteiger charge is 2.39. The fourth-order valence-electron chi connectivity index (χ4n) is 2.77. The summed E-state index contributed by atoms with van der Waals surface area (Å²) in [5, 5.41) is 1.77. The molecule has 0 radical (unpaired) electrons. The number of thiophene rings is 1. The van der Waals surface area contributed by atoms with Crippen LogP contribution in [0.4, 0.5) is 15.5 Å². The van der Waals surface area contributed by atoms with Gasteiger partial charge in [-0.15, -0.1) is 11.3 Å². The van der Waals surface area contributed by atoms with E-state index in [1.54, 1.807) is 29.4 Å². The number of hydrogen-bond donors (Lipinski definition) is 1. The number of hydrogen-bond acceptors (Lipinski definition) is 5. The van der Waals surface area contributed by atoms with Crippen molar-refractivity contribution >= 4 is 44.1 Å². The standard InChI is InChI=1S/C20H21N3O3S/c1-20(2,3)17(26-19(21)25)18(24)23(14-8-10-22-11-9-14)16-12-13-6-4-5-7-15(13)27-16/h4-12,17H,1-3H3,(H2,21,25). The van der Waals surface area contributed by atoms with Crippen molar-refractivity contribution in [1.82, 2.24) is 4.98 Å². The first-order valence-electron chi connectivity index (χ1n) is 8.46. The predicted molar refractivity (Wildman–Crippen MR) is 107 cm³/mol. The molecule has 0 aliphatic heterocycles. The average Bonchev–Trinajstić information content (AvgIpc) is 3.03. The summed E-state index contributed by atoms with van der Waals surface area (Å²) in [4.78, 5) is 30.5. The number of aromatic nitrogens is 1. The van der Waals surface area contributed by atoms with Gasteiger partial charge in [0, 0.05) is 22.5 Å². The van der Waals surface area contributed by atoms with Gasteiger partial charge in [-0.25, -0.2) is 4.79 Å². The van der Waals surface area contributed by atoms with Crippen LogP contribution < -0.4 is 10.6 Å². The zero-order valence-electron chi connectivity index (χ0n) is 15.4. The molecule has 1 aromatic carbocycles. The van der Waals surface area contributed by atoms with Crippen molar-refractivity contribution in [2.24, 2.45) is 11.1 Å². The van der Waals surface area contributed by atoms with E-state index >= 15 is 0 Å². The number of benzene rings is 1. The smallest absolute Gasteiger partial charge is 0.405 e. The highest BCUT2D eigenvalue weighted by molar-refractivity contribution is 7.23. The van der Waals surface area contributed by atoms with Crippen LogP contribution in [-0.2, 0) is 9.53 Å². The van der Waals surface area contributed by atoms with Crippen molar-refractivity contribution in [3.05, 3.63) is 54.9 Å². The lowest BCUT2D eigenvalue weighted by molar-refractivity contribution is -0.131. The van der Waals surface area contributed by atoms with E-state index in [4.69, 9.17) is 10.5 Å². The predicted octanol–water partition coefficient (Wildman–Crippen LogP) is 4.47. The van der Waals surface area contributed by atoms with Gasteiger partial charge in [0.1, 0.15) is 5.00 Å². The van der Waals surface area contributed by atoms with E-state index in [-0.39, 0.29) is 5.91 Å². The van der Waals surface area contributed by atoms with Crippen LogP contribution in [0.25, 0.3) is 10.1 Å². The average molecular weight is 383 g/mol. The fourth-order valence-corrected chi connectivity index (χ4v) is 3.85. The Labute approximate surface area is 161 Å². The van der Waals surface area contributed by atoms with Crippen LogP contribution in [0, 0.1) is 5.41 Å². The lowest BCUT2D eigenvalue weighted by Gasteiger charge is -2.32. The Hall–Kier alpha value is -2.93. The third-order valence-corrected chi connectivity index (χ3v) is 5.12. The number of carbonyl (C=O) groups is 2. The van der Waals surface area contributed by atoms with E-state index in [2.05, 4.69) is 4.98 Å². The molecule has 0 aliphatic rings. The van der Waals surface area contributed by atoms with Gasteiger partial charge in [-0.1, -0.05) is 39.0 Å². The van der Waals surface area contributed by atoms with Crippen molar-refractivity contribution in [1.29, 1.82) is 0 Å². The first-order chi connectivity index (χ1) is 12.8. The maximum atomic E-state index is 13.5. The van der Waals surface area contributed by atoms with Crippen molar-refractivity contribution in [2.45, 2.75) is 26.9 Å². The number of anilines is 2. The lowest BCUT2D eigenvalue weighted by atomic mass is 9.88. The Balaban J connectivity index is 2.11. The molecule has 1 atom stereocenters. The third kappa shape index (κ3) is 4.09. The lowest BCUT2D eigenvalue weighted by Crippen LogP contribution is -2.46. The van der Waals surface area contributed by atoms with E-state index in [0.29, 0.717) is 5.69 Å². The first-order valence-corrected chi connectivity index (χ1v) is 9.27. The Kier molecular flexibility index (Phi) is 5.14. The molecule has 1 unspecified atom stereocenters. The molecule has 2 aromatic heterocycles. The highest BCUT2D eigenvalue weighted by atomic mass is 32.1. The van der Waals surface area contributed by atoms with E-state index in [0.717, 1.165) is 15.1 Å². The van der Waals surface area contributed by atoms with Crippen LogP contribution in [0.1, 0.15) is 20.8 Å². The molecule has 0 fully saturated rings. The van der Waals surface area contributed by atoms with E-state index in [9.17, 15) is 9.59 Å². The van der Waals surface area contributed by atoms with Gasteiger partial charge in [-0.3, -0.25) is 14.7 Å². The van der Waals surface area contributed by atoms with Gasteiger partial charge in [0.2, 0.25) is 0 Å². The van der Waals surface area contributed by atoms with Crippen LogP contribution in [0.5, 0.6) is 0 Å². The Bertz CT molecular complexity index is 930. The quantitative estimate of drug-likeness (QED) is 0.720. The maximum Gasteiger partial charge on any atom is 0.405 e. The summed E-state index contributed by atoms with van der Waals surface area (Å²) in [7, 11) is 0. The number of rotatable bonds is 4. The molecule has 0 saturated carbocycles. The number of amides is 2. The van der Waals surface area contributed by atoms with E-state index < -0.39 is 17.6 Å². The normalized spacial score (nSPS) is 12.6. The van der Waals surface area contributed by atoms with Gasteiger partial charge in [0.25, 0.3) is 5.91 Å². The summed E-state index contributed by atoms with van der Waals surface area (Å²) < 4.78 is 6.27. The molecule has 7 heteroatoms. The molecule has 2 amide bonds. The summed E-state index contributed by atoms with van der Waals surface area (Å²) in [5.41, 5.74) is 5.24. The molecule has 0 aliphatic carbocycles. The second kappa shape index (κ2) is 7.36. The van der Waals surface area contributed by atoms with Crippen LogP contribution in [-0.4, -0.2) is 23.1 Å². The van der Waals surface area contributed by atoms with Crippen LogP contribution in [0.15, 0.2) is 54.9 Å². The largest absolute Gasteiger partial charge is 0.436 e. The van der Waals surface area contributed by atoms with Gasteiger partial charge in [-0.05, 0) is 29.7 Å². The SMILES string of the molecule is CC(C)(C)C(OC(N)=O)C(=O)N(c1ccncc1)c1cc2ccccc2s1. The van der Waals surface area contributed by atoms with Crippen LogP contribution >= 0.6 is 11.3 Å². The number of pyridine rings is 1. The Morgan fingerprint density at radius 1 is 1.15 bits per heavy atom. The molecule has 2 N–H and O–H groups in total. The summed E-state index contributed by atoms with van der Waals surface area (Å²) in [6.07, 6.45) is 1.22. The molecular weight excluding hydrogens is 362 g/mol. The Morgan fingerprint density at radius 2 is 1.81 bits per heavy atom. The number of primary amides is 1. The molecule has 3 rings (SSSR count). The van der Waals surface area contributed by atoms with Crippen molar-refractivity contribution < 1.29 is 14.3 Å². The summed E-state index contributed by atoms with van der Waals surface area (Å²) >= 11 is 1.49. The van der Waals surface area contributed by atoms with Crippen LogP contribution in [0.3, 0.4) is 0 Å². The highest BCUT2D eigenvalue weighted by Crippen LogP contribution is 2.38. The number of nitrogens with two attached hydrogens (primary N) is 1. The molecule has 140 valence electrons. The van der Waals surface area contributed by atoms with Crippen LogP contribution in [0.2, 0.25) is 0 Å². The minimum atomic E-state index is -1.03. The molecule has 0 spiro atoms. The zero-order valence-corrected chi connectivity index (χ0v) is 16.2. The van der Waals surface area contributed by atoms with E-state index in [1.165, 1.54) is 11.3 Å². The van der Waals surface area contributed by atoms with Gasteiger partial charge in [0.15, 0.2) is 6.10 Å². The second-order valence-electron chi connectivity index (χ2n) is 7.18. The van der Waals surface area contributed by atoms with Gasteiger partial charge >= 0.3 is 6.09 Å². The first kappa shape index (κ1) is 18.8. The third-order valence-electron chi connectivity index (χ3n) is 4.02. The van der Waals surface area contributed by atoms with Gasteiger partial charge in [0.05, 0.1) is 5.69 Å². The fraction of sp³-hybridized carbons (Fsp3) is 0.250. The summed E-state index contributed by atoms with van der Waals surface area (Å²) in [5.74, 6) is -0.362. The molecular formula is C20H21N3O3S. The number of fused-ring (bicyclic) bond motifs is 1. The molecule has 0 saturated heterocycles. The molecule has 3 aromatic rings. The number of nitrogens with zero attached hydrogens (tertiary/aromatic N) is 2. The van der Waals surface area contributed by atoms with Gasteiger partial charge in [-0.2, -0.15) is 0 Å². The summed E-state index contributed by atoms with van der Waals surface area (Å²) in [6.45, 7) is 5.48. The maximum absolute atomic E-state index is 13.5. The van der Waals surface area contributed by atoms with Crippen molar-refractivity contribution in [3.63, 3.8) is 0 Å². The van der Waals surface area contributed by atoms with Gasteiger partial charge < -0.3 is 10.5 Å². The number of ether oxygens (including phenoxy) is 1. The topological polar surface area (TPSA) is 85.5 Å². The summed E-state index contributed by atoms with van der Waals surface area (Å²) in [6, 6.07) is 13.3. The molecule has 0 bridgehead atoms. The molecule has 2 heterocycles. The minimum absolute atomic E-state index is 0.362. The molecule has 27 heavy (non-hydrogen) atoms. The van der Waals surface area contributed by atoms with E-state index in [1.807, 2.05) is 51.1 Å². The Morgan fingerprint density at radius 3 is 2.41 bits per heavy atom. The monoisotopic (exact) mass is 383 g/mol.